The van der Waals surface area contributed by atoms with Gasteiger partial charge in [-0.3, -0.25) is 14.4 Å². The number of hydrogen-bond donors (Lipinski definition) is 1. The van der Waals surface area contributed by atoms with E-state index in [1.54, 1.807) is 10.6 Å². The van der Waals surface area contributed by atoms with Crippen LogP contribution in [0.4, 0.5) is 0 Å². The van der Waals surface area contributed by atoms with Gasteiger partial charge in [0.25, 0.3) is 11.5 Å². The summed E-state index contributed by atoms with van der Waals surface area (Å²) in [6.07, 6.45) is 1.31. The first kappa shape index (κ1) is 20.2. The van der Waals surface area contributed by atoms with Crippen molar-refractivity contribution < 1.29 is 19.1 Å². The molecule has 32 heavy (non-hydrogen) atoms. The Kier molecular flexibility index (Phi) is 4.73. The molecule has 0 saturated heterocycles. The van der Waals surface area contributed by atoms with Gasteiger partial charge in [0, 0.05) is 10.9 Å². The van der Waals surface area contributed by atoms with Gasteiger partial charge in [-0.1, -0.05) is 13.8 Å². The molecule has 5 rings (SSSR count). The number of aromatic nitrogens is 2. The monoisotopic (exact) mass is 433 g/mol. The van der Waals surface area contributed by atoms with Crippen LogP contribution in [0.15, 0.2) is 29.1 Å². The van der Waals surface area contributed by atoms with Gasteiger partial charge in [-0.05, 0) is 48.2 Å². The third kappa shape index (κ3) is 2.97. The first-order chi connectivity index (χ1) is 15.4. The summed E-state index contributed by atoms with van der Waals surface area (Å²) in [6, 6.07) is 7.40. The van der Waals surface area contributed by atoms with Crippen molar-refractivity contribution in [1.82, 2.24) is 9.55 Å². The predicted molar refractivity (Wildman–Crippen MR) is 117 cm³/mol. The number of carbonyl (C=O) groups excluding carboxylic acids is 2. The molecule has 0 radical (unpaired) electrons. The van der Waals surface area contributed by atoms with Crippen LogP contribution in [-0.2, 0) is 33.9 Å². The van der Waals surface area contributed by atoms with Crippen molar-refractivity contribution in [3.63, 3.8) is 0 Å². The van der Waals surface area contributed by atoms with Gasteiger partial charge >= 0.3 is 5.97 Å². The molecule has 8 nitrogen and oxygen atoms in total. The van der Waals surface area contributed by atoms with Gasteiger partial charge in [0.15, 0.2) is 6.61 Å². The highest BCUT2D eigenvalue weighted by molar-refractivity contribution is 5.89. The van der Waals surface area contributed by atoms with Crippen LogP contribution < -0.4 is 16.0 Å². The minimum atomic E-state index is -0.542. The zero-order chi connectivity index (χ0) is 22.6. The molecule has 2 aliphatic heterocycles. The highest BCUT2D eigenvalue weighted by Crippen LogP contribution is 2.39. The van der Waals surface area contributed by atoms with Crippen molar-refractivity contribution in [2.75, 3.05) is 6.61 Å². The Morgan fingerprint density at radius 2 is 2.06 bits per heavy atom. The Morgan fingerprint density at radius 3 is 2.78 bits per heavy atom. The number of carbonyl (C=O) groups is 2. The molecule has 2 N–H and O–H groups in total. The van der Waals surface area contributed by atoms with Gasteiger partial charge in [0.1, 0.15) is 12.4 Å². The maximum Gasteiger partial charge on any atom is 0.313 e. The number of aryl methyl sites for hydroxylation is 1. The standard InChI is InChI=1S/C24H23N3O5/c1-3-13-16-7-12(31-11-21(25)28)5-6-19(16)26-22-17(13)9-27-20(22)8-15-14(4-2)24(30)32-10-18(15)23(27)29/h5-8,14H,3-4,9-11H2,1-2H3,(H2,25,28). The van der Waals surface area contributed by atoms with E-state index in [0.29, 0.717) is 24.3 Å². The Bertz CT molecular complexity index is 1360. The van der Waals surface area contributed by atoms with Crippen LogP contribution in [0, 0.1) is 0 Å². The molecule has 8 heteroatoms. The van der Waals surface area contributed by atoms with Crippen LogP contribution in [0.3, 0.4) is 0 Å². The van der Waals surface area contributed by atoms with Crippen molar-refractivity contribution in [2.45, 2.75) is 45.8 Å². The van der Waals surface area contributed by atoms with Crippen molar-refractivity contribution in [3.8, 4) is 17.1 Å². The topological polar surface area (TPSA) is 114 Å². The summed E-state index contributed by atoms with van der Waals surface area (Å²) in [4.78, 5) is 41.5. The molecular formula is C24H23N3O5. The number of primary amides is 1. The minimum absolute atomic E-state index is 0.0106. The number of pyridine rings is 2. The smallest absolute Gasteiger partial charge is 0.313 e. The van der Waals surface area contributed by atoms with Crippen molar-refractivity contribution in [3.05, 3.63) is 56.9 Å². The highest BCUT2D eigenvalue weighted by Gasteiger charge is 2.34. The quantitative estimate of drug-likeness (QED) is 0.484. The lowest BCUT2D eigenvalue weighted by molar-refractivity contribution is -0.148. The van der Waals surface area contributed by atoms with Gasteiger partial charge in [-0.25, -0.2) is 4.98 Å². The summed E-state index contributed by atoms with van der Waals surface area (Å²) in [5, 5.41) is 0.920. The van der Waals surface area contributed by atoms with Crippen LogP contribution in [-0.4, -0.2) is 28.0 Å². The maximum atomic E-state index is 13.3. The molecule has 1 atom stereocenters. The van der Waals surface area contributed by atoms with E-state index in [2.05, 4.69) is 6.92 Å². The average Bonchev–Trinajstić information content (AvgIpc) is 3.14. The molecule has 0 aliphatic carbocycles. The second-order valence-electron chi connectivity index (χ2n) is 8.13. The van der Waals surface area contributed by atoms with Crippen LogP contribution >= 0.6 is 0 Å². The van der Waals surface area contributed by atoms with Crippen LogP contribution in [0.1, 0.15) is 48.4 Å². The van der Waals surface area contributed by atoms with E-state index in [-0.39, 0.29) is 24.7 Å². The first-order valence-electron chi connectivity index (χ1n) is 10.7. The molecule has 1 aromatic carbocycles. The van der Waals surface area contributed by atoms with Gasteiger partial charge in [0.2, 0.25) is 0 Å². The van der Waals surface area contributed by atoms with Crippen molar-refractivity contribution in [2.24, 2.45) is 5.73 Å². The fourth-order valence-corrected chi connectivity index (χ4v) is 4.81. The molecule has 2 aliphatic rings. The van der Waals surface area contributed by atoms with E-state index >= 15 is 0 Å². The Balaban J connectivity index is 1.69. The van der Waals surface area contributed by atoms with Gasteiger partial charge in [-0.15, -0.1) is 0 Å². The van der Waals surface area contributed by atoms with Crippen molar-refractivity contribution >= 4 is 22.8 Å². The molecule has 2 aromatic heterocycles. The second-order valence-corrected chi connectivity index (χ2v) is 8.13. The zero-order valence-corrected chi connectivity index (χ0v) is 17.9. The lowest BCUT2D eigenvalue weighted by Crippen LogP contribution is -2.32. The summed E-state index contributed by atoms with van der Waals surface area (Å²) in [5.74, 6) is -0.721. The second kappa shape index (κ2) is 7.47. The fraction of sp³-hybridized carbons (Fsp3) is 0.333. The van der Waals surface area contributed by atoms with Gasteiger partial charge < -0.3 is 19.8 Å². The van der Waals surface area contributed by atoms with Crippen molar-refractivity contribution in [1.29, 1.82) is 0 Å². The fourth-order valence-electron chi connectivity index (χ4n) is 4.81. The third-order valence-electron chi connectivity index (χ3n) is 6.33. The number of hydrogen-bond acceptors (Lipinski definition) is 6. The van der Waals surface area contributed by atoms with E-state index in [9.17, 15) is 14.4 Å². The molecule has 3 aromatic rings. The van der Waals surface area contributed by atoms with E-state index in [1.807, 2.05) is 25.1 Å². The zero-order valence-electron chi connectivity index (χ0n) is 17.9. The highest BCUT2D eigenvalue weighted by atomic mass is 16.5. The normalized spacial score (nSPS) is 16.3. The number of cyclic esters (lactones) is 1. The number of rotatable bonds is 5. The maximum absolute atomic E-state index is 13.3. The Morgan fingerprint density at radius 1 is 1.25 bits per heavy atom. The van der Waals surface area contributed by atoms with E-state index < -0.39 is 11.8 Å². The summed E-state index contributed by atoms with van der Waals surface area (Å²) < 4.78 is 12.5. The average molecular weight is 433 g/mol. The van der Waals surface area contributed by atoms with Gasteiger partial charge in [-0.2, -0.15) is 0 Å². The number of benzene rings is 1. The molecule has 0 fully saturated rings. The molecule has 164 valence electrons. The van der Waals surface area contributed by atoms with E-state index in [1.165, 1.54) is 0 Å². The lowest BCUT2D eigenvalue weighted by atomic mass is 9.90. The van der Waals surface area contributed by atoms with E-state index in [4.69, 9.17) is 20.2 Å². The molecule has 1 amide bonds. The first-order valence-corrected chi connectivity index (χ1v) is 10.7. The molecular weight excluding hydrogens is 410 g/mol. The summed E-state index contributed by atoms with van der Waals surface area (Å²) in [6.45, 7) is 4.20. The lowest BCUT2D eigenvalue weighted by Gasteiger charge is -2.24. The molecule has 0 spiro atoms. The Labute approximate surface area is 184 Å². The number of ether oxygens (including phenoxy) is 2. The Hall–Kier alpha value is -3.68. The minimum Gasteiger partial charge on any atom is -0.484 e. The number of esters is 1. The largest absolute Gasteiger partial charge is 0.484 e. The summed E-state index contributed by atoms with van der Waals surface area (Å²) in [5.41, 5.74) is 10.7. The summed E-state index contributed by atoms with van der Waals surface area (Å²) in [7, 11) is 0. The molecule has 0 saturated carbocycles. The SMILES string of the molecule is CCc1c2c(nc3ccc(OCC(N)=O)cc13)-c1cc3c(c(=O)n1C2)COC(=O)C3CC. The number of amides is 1. The number of fused-ring (bicyclic) bond motifs is 5. The van der Waals surface area contributed by atoms with Gasteiger partial charge in [0.05, 0.1) is 34.9 Å². The molecule has 4 heterocycles. The molecule has 0 bridgehead atoms. The molecule has 1 unspecified atom stereocenters. The predicted octanol–water partition coefficient (Wildman–Crippen LogP) is 2.40. The van der Waals surface area contributed by atoms with Crippen LogP contribution in [0.5, 0.6) is 5.75 Å². The summed E-state index contributed by atoms with van der Waals surface area (Å²) >= 11 is 0. The van der Waals surface area contributed by atoms with E-state index in [0.717, 1.165) is 45.4 Å². The number of nitrogens with two attached hydrogens (primary N) is 1. The van der Waals surface area contributed by atoms with Crippen LogP contribution in [0.25, 0.3) is 22.3 Å². The third-order valence-corrected chi connectivity index (χ3v) is 6.33. The number of nitrogens with zero attached hydrogens (tertiary/aromatic N) is 2. The van der Waals surface area contributed by atoms with Crippen LogP contribution in [0.2, 0.25) is 0 Å².